The maximum Gasteiger partial charge on any atom is 0.472 e. The van der Waals surface area contributed by atoms with Crippen molar-refractivity contribution in [3.05, 3.63) is 60.8 Å². The zero-order valence-corrected chi connectivity index (χ0v) is 36.8. The Balaban J connectivity index is 1.74. The summed E-state index contributed by atoms with van der Waals surface area (Å²) in [5.74, 6) is -1.19. The third-order valence-electron chi connectivity index (χ3n) is 10.2. The molecular weight excluding hydrogens is 795 g/mol. The maximum absolute atomic E-state index is 12.8. The molecule has 2 aliphatic rings. The zero-order chi connectivity index (χ0) is 44.0. The van der Waals surface area contributed by atoms with E-state index >= 15 is 0 Å². The van der Waals surface area contributed by atoms with Crippen molar-refractivity contribution >= 4 is 19.8 Å². The van der Waals surface area contributed by atoms with E-state index in [0.717, 1.165) is 77.0 Å². The summed E-state index contributed by atoms with van der Waals surface area (Å²) in [5.41, 5.74) is 0. The Kier molecular flexibility index (Phi) is 28.8. The van der Waals surface area contributed by atoms with Crippen molar-refractivity contribution in [3.8, 4) is 0 Å². The lowest BCUT2D eigenvalue weighted by atomic mass is 9.85. The van der Waals surface area contributed by atoms with Crippen LogP contribution in [0.15, 0.2) is 60.8 Å². The van der Waals surface area contributed by atoms with Gasteiger partial charge in [-0.3, -0.25) is 18.6 Å². The van der Waals surface area contributed by atoms with Crippen molar-refractivity contribution in [2.75, 3.05) is 13.2 Å². The second-order valence-corrected chi connectivity index (χ2v) is 17.0. The Morgan fingerprint density at radius 1 is 0.600 bits per heavy atom. The molecule has 2 fully saturated rings. The number of phosphoric ester groups is 1. The summed E-state index contributed by atoms with van der Waals surface area (Å²) in [6.07, 6.45) is 26.0. The highest BCUT2D eigenvalue weighted by Crippen LogP contribution is 2.47. The largest absolute Gasteiger partial charge is 0.472 e. The van der Waals surface area contributed by atoms with Gasteiger partial charge in [0.15, 0.2) is 6.10 Å². The van der Waals surface area contributed by atoms with Crippen LogP contribution in [-0.4, -0.2) is 111 Å². The first-order valence-corrected chi connectivity index (χ1v) is 23.7. The average molecular weight is 871 g/mol. The molecule has 0 bridgehead atoms. The number of aliphatic hydroxyl groups excluding tert-OH is 5. The molecule has 5 unspecified atom stereocenters. The first kappa shape index (κ1) is 53.6. The molecule has 10 atom stereocenters. The molecule has 1 heterocycles. The van der Waals surface area contributed by atoms with Crippen LogP contribution in [0.1, 0.15) is 142 Å². The minimum Gasteiger partial charge on any atom is -0.462 e. The summed E-state index contributed by atoms with van der Waals surface area (Å²) in [4.78, 5) is 35.6. The van der Waals surface area contributed by atoms with Crippen molar-refractivity contribution in [2.45, 2.75) is 197 Å². The Morgan fingerprint density at radius 2 is 1.15 bits per heavy atom. The van der Waals surface area contributed by atoms with E-state index in [2.05, 4.69) is 62.5 Å². The molecule has 2 rings (SSSR count). The smallest absolute Gasteiger partial charge is 0.462 e. The minimum atomic E-state index is -5.14. The molecule has 0 spiro atoms. The van der Waals surface area contributed by atoms with Crippen LogP contribution >= 0.6 is 7.82 Å². The van der Waals surface area contributed by atoms with E-state index in [1.54, 1.807) is 0 Å². The van der Waals surface area contributed by atoms with Gasteiger partial charge in [-0.15, -0.1) is 0 Å². The van der Waals surface area contributed by atoms with Crippen molar-refractivity contribution in [1.82, 2.24) is 0 Å². The first-order valence-electron chi connectivity index (χ1n) is 22.2. The highest BCUT2D eigenvalue weighted by atomic mass is 31.2. The molecule has 6 N–H and O–H groups in total. The quantitative estimate of drug-likeness (QED) is 0.0124. The van der Waals surface area contributed by atoms with Crippen LogP contribution in [0.2, 0.25) is 0 Å². The van der Waals surface area contributed by atoms with Crippen molar-refractivity contribution < 1.29 is 67.8 Å². The topological polar surface area (TPSA) is 222 Å². The van der Waals surface area contributed by atoms with Crippen LogP contribution in [0, 0.1) is 0 Å². The lowest BCUT2D eigenvalue weighted by Crippen LogP contribution is -2.64. The molecule has 14 nitrogen and oxygen atoms in total. The minimum absolute atomic E-state index is 0.0635. The molecular formula is C45H75O14P. The van der Waals surface area contributed by atoms with Gasteiger partial charge in [-0.1, -0.05) is 120 Å². The summed E-state index contributed by atoms with van der Waals surface area (Å²) >= 11 is 0. The van der Waals surface area contributed by atoms with Crippen LogP contribution < -0.4 is 0 Å². The first-order chi connectivity index (χ1) is 28.9. The van der Waals surface area contributed by atoms with Gasteiger partial charge in [0.05, 0.1) is 18.8 Å². The Bertz CT molecular complexity index is 1350. The van der Waals surface area contributed by atoms with E-state index in [1.807, 2.05) is 12.2 Å². The Morgan fingerprint density at radius 3 is 1.80 bits per heavy atom. The van der Waals surface area contributed by atoms with Gasteiger partial charge < -0.3 is 44.6 Å². The lowest BCUT2D eigenvalue weighted by Gasteiger charge is -2.41. The van der Waals surface area contributed by atoms with Gasteiger partial charge in [-0.2, -0.15) is 0 Å². The molecule has 1 aliphatic carbocycles. The number of unbranched alkanes of at least 4 members (excludes halogenated alkanes) is 9. The van der Waals surface area contributed by atoms with Crippen molar-refractivity contribution in [2.24, 2.45) is 0 Å². The van der Waals surface area contributed by atoms with Crippen molar-refractivity contribution in [3.63, 3.8) is 0 Å². The molecule has 0 aromatic carbocycles. The normalized spacial score (nSPS) is 26.1. The molecule has 1 saturated heterocycles. The average Bonchev–Trinajstić information content (AvgIpc) is 3.98. The standard InChI is InChI=1S/C45H75O14P/c1-3-5-7-8-9-10-11-12-13-18-21-24-28-32-39(47)57-35(34-56-60(53,54)59-45-43(51)41(49)40(48)42(50)44(45)52)33-55-38(46)31-27-23-20-17-15-14-16-19-22-26-30-37-36(58-37)29-25-6-4-2/h7-8,10-11,14,16-17,20,22,26,35-37,40-45,48-52H,3-6,9,12-13,15,18-19,21,23-25,27-34H2,1-2H3,(H,53,54)/b8-7-,11-10-,16-14-,20-17-,26-22-/t35-,36?,37?,40?,41-,42+,43-,44-,45?/m1/s1. The van der Waals surface area contributed by atoms with E-state index in [-0.39, 0.29) is 12.8 Å². The van der Waals surface area contributed by atoms with Crippen molar-refractivity contribution in [1.29, 1.82) is 0 Å². The highest BCUT2D eigenvalue weighted by molar-refractivity contribution is 7.47. The number of hydrogen-bond donors (Lipinski definition) is 6. The van der Waals surface area contributed by atoms with Gasteiger partial charge in [-0.05, 0) is 70.6 Å². The summed E-state index contributed by atoms with van der Waals surface area (Å²) in [6.45, 7) is 3.12. The summed E-state index contributed by atoms with van der Waals surface area (Å²) in [5, 5.41) is 50.1. The van der Waals surface area contributed by atoms with Gasteiger partial charge in [0, 0.05) is 12.8 Å². The number of hydrogen-bond acceptors (Lipinski definition) is 13. The van der Waals surface area contributed by atoms with Crippen LogP contribution in [0.25, 0.3) is 0 Å². The van der Waals surface area contributed by atoms with Gasteiger partial charge in [-0.25, -0.2) is 4.57 Å². The second-order valence-electron chi connectivity index (χ2n) is 15.6. The van der Waals surface area contributed by atoms with Crippen LogP contribution in [-0.2, 0) is 37.4 Å². The summed E-state index contributed by atoms with van der Waals surface area (Å²) in [6, 6.07) is 0. The summed E-state index contributed by atoms with van der Waals surface area (Å²) in [7, 11) is -5.14. The number of epoxide rings is 1. The van der Waals surface area contributed by atoms with Crippen LogP contribution in [0.3, 0.4) is 0 Å². The van der Waals surface area contributed by atoms with E-state index < -0.39 is 75.7 Å². The molecule has 60 heavy (non-hydrogen) atoms. The number of carbonyl (C=O) groups excluding carboxylic acids is 2. The fourth-order valence-corrected chi connectivity index (χ4v) is 7.50. The fourth-order valence-electron chi connectivity index (χ4n) is 6.53. The van der Waals surface area contributed by atoms with Gasteiger partial charge >= 0.3 is 19.8 Å². The molecule has 15 heteroatoms. The third kappa shape index (κ3) is 24.2. The van der Waals surface area contributed by atoms with E-state index in [1.165, 1.54) is 19.3 Å². The summed E-state index contributed by atoms with van der Waals surface area (Å²) < 4.78 is 39.1. The predicted octanol–water partition coefficient (Wildman–Crippen LogP) is 7.15. The predicted molar refractivity (Wildman–Crippen MR) is 230 cm³/mol. The van der Waals surface area contributed by atoms with Gasteiger partial charge in [0.1, 0.15) is 43.2 Å². The number of allylic oxidation sites excluding steroid dienone is 9. The molecule has 0 aromatic heterocycles. The molecule has 0 radical (unpaired) electrons. The van der Waals surface area contributed by atoms with Gasteiger partial charge in [0.25, 0.3) is 0 Å². The van der Waals surface area contributed by atoms with E-state index in [0.29, 0.717) is 31.5 Å². The lowest BCUT2D eigenvalue weighted by molar-refractivity contribution is -0.220. The monoisotopic (exact) mass is 870 g/mol. The molecule has 0 aromatic rings. The maximum atomic E-state index is 12.8. The SMILES string of the molecule is CCC/C=C\C/C=C\CCCCCCCC(=O)O[C@H](COC(=O)CCC/C=C\C/C=C\C/C=C\CC1OC1CCCCC)COP(=O)(O)OC1[C@H](O)[C@H](O)C(O)[C@H](O)[C@H]1O. The number of aliphatic hydroxyl groups is 5. The number of carbonyl (C=O) groups is 2. The molecule has 1 saturated carbocycles. The number of esters is 2. The number of ether oxygens (including phenoxy) is 3. The van der Waals surface area contributed by atoms with E-state index in [9.17, 15) is 44.6 Å². The number of phosphoric acid groups is 1. The highest BCUT2D eigenvalue weighted by Gasteiger charge is 2.51. The molecule has 0 amide bonds. The Labute approximate surface area is 358 Å². The Hall–Kier alpha value is -2.49. The number of rotatable bonds is 34. The molecule has 1 aliphatic heterocycles. The zero-order valence-electron chi connectivity index (χ0n) is 35.9. The van der Waals surface area contributed by atoms with Crippen LogP contribution in [0.4, 0.5) is 0 Å². The van der Waals surface area contributed by atoms with E-state index in [4.69, 9.17) is 23.3 Å². The third-order valence-corrected chi connectivity index (χ3v) is 11.2. The fraction of sp³-hybridized carbons (Fsp3) is 0.733. The van der Waals surface area contributed by atoms with Gasteiger partial charge in [0.2, 0.25) is 0 Å². The molecule has 344 valence electrons. The van der Waals surface area contributed by atoms with Crippen LogP contribution in [0.5, 0.6) is 0 Å². The second kappa shape index (κ2) is 32.2.